The summed E-state index contributed by atoms with van der Waals surface area (Å²) in [6.45, 7) is 1.94. The molecule has 0 aliphatic heterocycles. The normalized spacial score (nSPS) is 11.7. The summed E-state index contributed by atoms with van der Waals surface area (Å²) in [5.74, 6) is 0. The van der Waals surface area contributed by atoms with Gasteiger partial charge >= 0.3 is 0 Å². The number of anilines is 1. The van der Waals surface area contributed by atoms with E-state index in [-0.39, 0.29) is 17.0 Å². The number of rotatable bonds is 3. The molecule has 96 valence electrons. The molecule has 19 heavy (non-hydrogen) atoms. The monoisotopic (exact) mass is 292 g/mol. The SMILES string of the molecule is C[C@H](Nc1cnc(Cl)nc1C#N)c1ccccc1Cl. The van der Waals surface area contributed by atoms with Gasteiger partial charge in [-0.3, -0.25) is 0 Å². The molecular weight excluding hydrogens is 283 g/mol. The van der Waals surface area contributed by atoms with Crippen LogP contribution in [0.5, 0.6) is 0 Å². The van der Waals surface area contributed by atoms with Gasteiger partial charge in [0.05, 0.1) is 17.9 Å². The van der Waals surface area contributed by atoms with Gasteiger partial charge in [0.1, 0.15) is 6.07 Å². The lowest BCUT2D eigenvalue weighted by Crippen LogP contribution is -2.09. The number of halogens is 2. The van der Waals surface area contributed by atoms with Crippen molar-refractivity contribution in [1.29, 1.82) is 5.26 Å². The van der Waals surface area contributed by atoms with Crippen LogP contribution in [0, 0.1) is 11.3 Å². The Morgan fingerprint density at radius 2 is 2.05 bits per heavy atom. The van der Waals surface area contributed by atoms with Gasteiger partial charge in [-0.05, 0) is 30.2 Å². The Morgan fingerprint density at radius 3 is 2.74 bits per heavy atom. The summed E-state index contributed by atoms with van der Waals surface area (Å²) in [6.07, 6.45) is 1.49. The molecule has 2 rings (SSSR count). The molecule has 0 aliphatic rings. The molecule has 0 aliphatic carbocycles. The summed E-state index contributed by atoms with van der Waals surface area (Å²) in [5.41, 5.74) is 1.67. The molecule has 0 radical (unpaired) electrons. The largest absolute Gasteiger partial charge is 0.375 e. The third-order valence-electron chi connectivity index (χ3n) is 2.61. The van der Waals surface area contributed by atoms with E-state index in [1.165, 1.54) is 6.20 Å². The van der Waals surface area contributed by atoms with Crippen LogP contribution in [0.1, 0.15) is 24.2 Å². The van der Waals surface area contributed by atoms with Crippen LogP contribution in [-0.4, -0.2) is 9.97 Å². The van der Waals surface area contributed by atoms with Gasteiger partial charge in [-0.2, -0.15) is 5.26 Å². The Labute approximate surface area is 121 Å². The van der Waals surface area contributed by atoms with Crippen molar-refractivity contribution in [3.8, 4) is 6.07 Å². The van der Waals surface area contributed by atoms with E-state index in [9.17, 15) is 0 Å². The zero-order valence-corrected chi connectivity index (χ0v) is 11.6. The Balaban J connectivity index is 2.27. The number of benzene rings is 1. The molecule has 4 nitrogen and oxygen atoms in total. The summed E-state index contributed by atoms with van der Waals surface area (Å²) < 4.78 is 0. The van der Waals surface area contributed by atoms with Crippen molar-refractivity contribution in [2.45, 2.75) is 13.0 Å². The van der Waals surface area contributed by atoms with Gasteiger partial charge in [0, 0.05) is 5.02 Å². The zero-order chi connectivity index (χ0) is 13.8. The van der Waals surface area contributed by atoms with Gasteiger partial charge in [-0.1, -0.05) is 29.8 Å². The molecule has 1 aromatic carbocycles. The van der Waals surface area contributed by atoms with E-state index in [1.54, 1.807) is 0 Å². The van der Waals surface area contributed by atoms with Crippen LogP contribution in [0.25, 0.3) is 0 Å². The minimum Gasteiger partial charge on any atom is -0.375 e. The van der Waals surface area contributed by atoms with E-state index >= 15 is 0 Å². The fourth-order valence-electron chi connectivity index (χ4n) is 1.69. The first-order valence-corrected chi connectivity index (χ1v) is 6.31. The molecule has 1 N–H and O–H groups in total. The second-order valence-corrected chi connectivity index (χ2v) is 4.65. The second-order valence-electron chi connectivity index (χ2n) is 3.90. The Hall–Kier alpha value is -1.83. The van der Waals surface area contributed by atoms with Crippen LogP contribution >= 0.6 is 23.2 Å². The van der Waals surface area contributed by atoms with E-state index in [0.717, 1.165) is 5.56 Å². The molecule has 0 unspecified atom stereocenters. The lowest BCUT2D eigenvalue weighted by atomic mass is 10.1. The summed E-state index contributed by atoms with van der Waals surface area (Å²) in [4.78, 5) is 7.72. The molecule has 2 aromatic rings. The molecular formula is C13H10Cl2N4. The van der Waals surface area contributed by atoms with Gasteiger partial charge in [0.2, 0.25) is 5.28 Å². The lowest BCUT2D eigenvalue weighted by Gasteiger charge is -2.17. The van der Waals surface area contributed by atoms with Gasteiger partial charge in [0.25, 0.3) is 0 Å². The zero-order valence-electron chi connectivity index (χ0n) is 10.1. The molecule has 0 bridgehead atoms. The smallest absolute Gasteiger partial charge is 0.223 e. The van der Waals surface area contributed by atoms with E-state index in [1.807, 2.05) is 37.3 Å². The number of nitrogens with one attached hydrogen (secondary N) is 1. The molecule has 0 spiro atoms. The van der Waals surface area contributed by atoms with E-state index in [4.69, 9.17) is 28.5 Å². The van der Waals surface area contributed by atoms with Gasteiger partial charge in [-0.15, -0.1) is 0 Å². The van der Waals surface area contributed by atoms with Crippen LogP contribution in [0.15, 0.2) is 30.5 Å². The maximum absolute atomic E-state index is 9.02. The highest BCUT2D eigenvalue weighted by atomic mass is 35.5. The summed E-state index contributed by atoms with van der Waals surface area (Å²) >= 11 is 11.8. The summed E-state index contributed by atoms with van der Waals surface area (Å²) in [6, 6.07) is 9.41. The Morgan fingerprint density at radius 1 is 1.32 bits per heavy atom. The van der Waals surface area contributed by atoms with Crippen LogP contribution < -0.4 is 5.32 Å². The highest BCUT2D eigenvalue weighted by Crippen LogP contribution is 2.26. The number of nitrogens with zero attached hydrogens (tertiary/aromatic N) is 3. The van der Waals surface area contributed by atoms with Crippen molar-refractivity contribution >= 4 is 28.9 Å². The topological polar surface area (TPSA) is 61.6 Å². The highest BCUT2D eigenvalue weighted by Gasteiger charge is 2.12. The number of hydrogen-bond donors (Lipinski definition) is 1. The van der Waals surface area contributed by atoms with Gasteiger partial charge < -0.3 is 5.32 Å². The van der Waals surface area contributed by atoms with Crippen LogP contribution in [-0.2, 0) is 0 Å². The quantitative estimate of drug-likeness (QED) is 0.874. The van der Waals surface area contributed by atoms with Crippen LogP contribution in [0.4, 0.5) is 5.69 Å². The van der Waals surface area contributed by atoms with Crippen LogP contribution in [0.3, 0.4) is 0 Å². The third-order valence-corrected chi connectivity index (χ3v) is 3.14. The average Bonchev–Trinajstić information content (AvgIpc) is 2.41. The van der Waals surface area contributed by atoms with Crippen LogP contribution in [0.2, 0.25) is 10.3 Å². The van der Waals surface area contributed by atoms with Gasteiger partial charge in [0.15, 0.2) is 5.69 Å². The highest BCUT2D eigenvalue weighted by molar-refractivity contribution is 6.31. The van der Waals surface area contributed by atoms with Crippen molar-refractivity contribution in [3.05, 3.63) is 52.0 Å². The number of aromatic nitrogens is 2. The van der Waals surface area contributed by atoms with E-state index in [2.05, 4.69) is 15.3 Å². The predicted octanol–water partition coefficient (Wildman–Crippen LogP) is 3.83. The molecule has 0 fully saturated rings. The predicted molar refractivity (Wildman–Crippen MR) is 75.2 cm³/mol. The minimum atomic E-state index is -0.0782. The first-order chi connectivity index (χ1) is 9.11. The summed E-state index contributed by atoms with van der Waals surface area (Å²) in [7, 11) is 0. The molecule has 0 saturated heterocycles. The Kier molecular flexibility index (Phi) is 4.20. The molecule has 1 atom stereocenters. The third kappa shape index (κ3) is 3.14. The fourth-order valence-corrected chi connectivity index (χ4v) is 2.12. The van der Waals surface area contributed by atoms with Crippen molar-refractivity contribution in [1.82, 2.24) is 9.97 Å². The van der Waals surface area contributed by atoms with Crippen molar-refractivity contribution in [2.24, 2.45) is 0 Å². The van der Waals surface area contributed by atoms with Crippen molar-refractivity contribution in [3.63, 3.8) is 0 Å². The van der Waals surface area contributed by atoms with Gasteiger partial charge in [-0.25, -0.2) is 9.97 Å². The standard InChI is InChI=1S/C13H10Cl2N4/c1-8(9-4-2-3-5-10(9)14)18-12-7-17-13(15)19-11(12)6-16/h2-5,7-8,18H,1H3/t8-/m0/s1. The molecule has 1 aromatic heterocycles. The molecule has 1 heterocycles. The van der Waals surface area contributed by atoms with E-state index < -0.39 is 0 Å². The average molecular weight is 293 g/mol. The lowest BCUT2D eigenvalue weighted by molar-refractivity contribution is 0.878. The van der Waals surface area contributed by atoms with E-state index in [0.29, 0.717) is 10.7 Å². The first kappa shape index (κ1) is 13.6. The molecule has 6 heteroatoms. The van der Waals surface area contributed by atoms with Crippen molar-refractivity contribution < 1.29 is 0 Å². The Bertz CT molecular complexity index is 637. The van der Waals surface area contributed by atoms with Crippen molar-refractivity contribution in [2.75, 3.05) is 5.32 Å². The fraction of sp³-hybridized carbons (Fsp3) is 0.154. The minimum absolute atomic E-state index is 0.0486. The number of hydrogen-bond acceptors (Lipinski definition) is 4. The molecule has 0 amide bonds. The summed E-state index contributed by atoms with van der Waals surface area (Å²) in [5, 5.41) is 12.9. The first-order valence-electron chi connectivity index (χ1n) is 5.55. The second kappa shape index (κ2) is 5.87. The maximum atomic E-state index is 9.02. The maximum Gasteiger partial charge on any atom is 0.223 e. The molecule has 0 saturated carbocycles. The number of nitriles is 1.